The minimum Gasteiger partial charge on any atom is -0.394 e. The van der Waals surface area contributed by atoms with Crippen LogP contribution in [0, 0.1) is 0 Å². The Bertz CT molecular complexity index is 399. The van der Waals surface area contributed by atoms with E-state index in [0.29, 0.717) is 0 Å². The van der Waals surface area contributed by atoms with Crippen LogP contribution in [0.1, 0.15) is 0 Å². The van der Waals surface area contributed by atoms with Crippen molar-refractivity contribution in [3.8, 4) is 0 Å². The molecule has 0 unspecified atom stereocenters. The molecule has 2 heterocycles. The van der Waals surface area contributed by atoms with Gasteiger partial charge >= 0.3 is 0 Å². The molecule has 0 aromatic carbocycles. The number of aliphatic hydroxyl groups is 7. The maximum atomic E-state index is 10.1. The van der Waals surface area contributed by atoms with Crippen molar-refractivity contribution < 1.29 is 54.1 Å². The molecule has 2 fully saturated rings. The van der Waals surface area contributed by atoms with Gasteiger partial charge in [-0.1, -0.05) is 0 Å². The van der Waals surface area contributed by atoms with E-state index in [1.807, 2.05) is 0 Å². The molecule has 142 valence electrons. The monoisotopic (exact) mass is 374 g/mol. The fourth-order valence-corrected chi connectivity index (χ4v) is 2.93. The molecule has 0 saturated carbocycles. The minimum absolute atomic E-state index is 0.615. The standard InChI is InChI=1S/C12H22O11S/c13-1-3-5(15)10(23-24)8(18)12(21-3)22-9-4(2-14)20-11(19)7(17)6(9)16/h3-19,24H,1-2H2/t3-,4-,5-,6-,7-,8-,9-,10+,11-,12-/m1/s1. The van der Waals surface area contributed by atoms with E-state index >= 15 is 0 Å². The molecule has 2 saturated heterocycles. The van der Waals surface area contributed by atoms with Crippen LogP contribution in [0.25, 0.3) is 0 Å². The molecule has 0 aliphatic carbocycles. The van der Waals surface area contributed by atoms with E-state index in [1.54, 1.807) is 0 Å². The quantitative estimate of drug-likeness (QED) is 0.172. The van der Waals surface area contributed by atoms with Crippen LogP contribution in [0.5, 0.6) is 0 Å². The van der Waals surface area contributed by atoms with Gasteiger partial charge in [0.1, 0.15) is 48.8 Å². The Kier molecular flexibility index (Phi) is 7.19. The third kappa shape index (κ3) is 3.85. The molecule has 12 heteroatoms. The third-order valence-corrected chi connectivity index (χ3v) is 4.32. The zero-order valence-electron chi connectivity index (χ0n) is 12.4. The van der Waals surface area contributed by atoms with Gasteiger partial charge in [-0.05, 0) is 12.9 Å². The Labute approximate surface area is 142 Å². The van der Waals surface area contributed by atoms with E-state index in [9.17, 15) is 35.7 Å². The van der Waals surface area contributed by atoms with E-state index in [-0.39, 0.29) is 0 Å². The summed E-state index contributed by atoms with van der Waals surface area (Å²) in [6, 6.07) is 0. The lowest BCUT2D eigenvalue weighted by molar-refractivity contribution is -0.353. The fraction of sp³-hybridized carbons (Fsp3) is 1.00. The molecule has 10 atom stereocenters. The molecule has 2 aliphatic rings. The van der Waals surface area contributed by atoms with Crippen LogP contribution in [0.15, 0.2) is 0 Å². The SMILES string of the molecule is OC[C@H]1O[C@H](O[C@H]2[C@H](O)[C@@H](O)[C@H](O)O[C@@H]2CO)[C@H](O)[C@@H](OS)[C@@H]1O. The summed E-state index contributed by atoms with van der Waals surface area (Å²) in [6.07, 6.45) is -14.6. The van der Waals surface area contributed by atoms with Crippen LogP contribution in [0.3, 0.4) is 0 Å². The Balaban J connectivity index is 2.14. The lowest BCUT2D eigenvalue weighted by atomic mass is 9.97. The van der Waals surface area contributed by atoms with Crippen LogP contribution in [-0.4, -0.2) is 110 Å². The number of hydrogen-bond acceptors (Lipinski definition) is 12. The highest BCUT2D eigenvalue weighted by molar-refractivity contribution is 7.75. The maximum absolute atomic E-state index is 10.1. The average Bonchev–Trinajstić information content (AvgIpc) is 2.57. The number of thiol groups is 1. The molecule has 0 aromatic heterocycles. The highest BCUT2D eigenvalue weighted by Crippen LogP contribution is 2.29. The summed E-state index contributed by atoms with van der Waals surface area (Å²) >= 11 is 3.55. The molecule has 0 amide bonds. The molecule has 0 radical (unpaired) electrons. The van der Waals surface area contributed by atoms with Crippen LogP contribution >= 0.6 is 12.9 Å². The second-order valence-corrected chi connectivity index (χ2v) is 5.82. The number of rotatable bonds is 5. The Morgan fingerprint density at radius 3 is 1.92 bits per heavy atom. The van der Waals surface area contributed by atoms with Gasteiger partial charge in [0.05, 0.1) is 13.2 Å². The first-order valence-corrected chi connectivity index (χ1v) is 7.60. The van der Waals surface area contributed by atoms with Gasteiger partial charge in [-0.25, -0.2) is 0 Å². The summed E-state index contributed by atoms with van der Waals surface area (Å²) < 4.78 is 20.2. The zero-order chi connectivity index (χ0) is 18.0. The molecule has 7 N–H and O–H groups in total. The molecular formula is C12H22O11S. The predicted octanol–water partition coefficient (Wildman–Crippen LogP) is -4.53. The maximum Gasteiger partial charge on any atom is 0.187 e. The summed E-state index contributed by atoms with van der Waals surface area (Å²) in [6.45, 7) is -1.28. The second kappa shape index (κ2) is 8.53. The first-order valence-electron chi connectivity index (χ1n) is 7.24. The van der Waals surface area contributed by atoms with E-state index in [0.717, 1.165) is 0 Å². The van der Waals surface area contributed by atoms with Crippen LogP contribution in [0.2, 0.25) is 0 Å². The van der Waals surface area contributed by atoms with Crippen molar-refractivity contribution >= 4 is 12.9 Å². The van der Waals surface area contributed by atoms with Crippen LogP contribution < -0.4 is 0 Å². The molecule has 0 aromatic rings. The van der Waals surface area contributed by atoms with Crippen LogP contribution in [-0.2, 0) is 18.4 Å². The molecule has 24 heavy (non-hydrogen) atoms. The minimum atomic E-state index is -1.73. The van der Waals surface area contributed by atoms with Crippen molar-refractivity contribution in [1.82, 2.24) is 0 Å². The first-order chi connectivity index (χ1) is 11.3. The number of aliphatic hydroxyl groups excluding tert-OH is 7. The van der Waals surface area contributed by atoms with Crippen LogP contribution in [0.4, 0.5) is 0 Å². The molecule has 0 spiro atoms. The summed E-state index contributed by atoms with van der Waals surface area (Å²) in [7, 11) is 0. The Morgan fingerprint density at radius 1 is 0.750 bits per heavy atom. The largest absolute Gasteiger partial charge is 0.394 e. The molecule has 11 nitrogen and oxygen atoms in total. The Hall–Kier alpha value is -0.0900. The van der Waals surface area contributed by atoms with Gasteiger partial charge in [0, 0.05) is 0 Å². The lowest BCUT2D eigenvalue weighted by Gasteiger charge is -2.45. The second-order valence-electron chi connectivity index (χ2n) is 5.61. The summed E-state index contributed by atoms with van der Waals surface area (Å²) in [4.78, 5) is 0. The van der Waals surface area contributed by atoms with E-state index in [4.69, 9.17) is 14.2 Å². The molecule has 2 aliphatic heterocycles. The molecule has 2 rings (SSSR count). The fourth-order valence-electron chi connectivity index (χ4n) is 2.68. The van der Waals surface area contributed by atoms with Gasteiger partial charge in [0.2, 0.25) is 0 Å². The van der Waals surface area contributed by atoms with Gasteiger partial charge in [0.25, 0.3) is 0 Å². The topological polar surface area (TPSA) is 179 Å². The van der Waals surface area contributed by atoms with Gasteiger partial charge in [0.15, 0.2) is 12.6 Å². The average molecular weight is 374 g/mol. The number of ether oxygens (including phenoxy) is 3. The van der Waals surface area contributed by atoms with Crippen molar-refractivity contribution in [1.29, 1.82) is 0 Å². The normalized spacial score (nSPS) is 50.0. The summed E-state index contributed by atoms with van der Waals surface area (Å²) in [5.41, 5.74) is 0. The molecular weight excluding hydrogens is 352 g/mol. The smallest absolute Gasteiger partial charge is 0.187 e. The number of hydrogen-bond donors (Lipinski definition) is 8. The van der Waals surface area contributed by atoms with E-state index < -0.39 is 74.6 Å². The van der Waals surface area contributed by atoms with Crippen molar-refractivity contribution in [2.45, 2.75) is 61.4 Å². The first kappa shape index (κ1) is 20.2. The summed E-state index contributed by atoms with van der Waals surface area (Å²) in [5, 5.41) is 67.7. The third-order valence-electron chi connectivity index (χ3n) is 4.07. The predicted molar refractivity (Wildman–Crippen MR) is 76.5 cm³/mol. The zero-order valence-corrected chi connectivity index (χ0v) is 13.3. The van der Waals surface area contributed by atoms with E-state index in [1.165, 1.54) is 0 Å². The van der Waals surface area contributed by atoms with Crippen molar-refractivity contribution in [3.63, 3.8) is 0 Å². The molecule has 0 bridgehead atoms. The summed E-state index contributed by atoms with van der Waals surface area (Å²) in [5.74, 6) is 0. The van der Waals surface area contributed by atoms with Gasteiger partial charge in [-0.2, -0.15) is 0 Å². The van der Waals surface area contributed by atoms with Crippen molar-refractivity contribution in [3.05, 3.63) is 0 Å². The van der Waals surface area contributed by atoms with Gasteiger partial charge < -0.3 is 54.1 Å². The van der Waals surface area contributed by atoms with Crippen molar-refractivity contribution in [2.24, 2.45) is 0 Å². The highest BCUT2D eigenvalue weighted by atomic mass is 32.1. The van der Waals surface area contributed by atoms with E-state index in [2.05, 4.69) is 17.1 Å². The van der Waals surface area contributed by atoms with Crippen molar-refractivity contribution in [2.75, 3.05) is 13.2 Å². The lowest BCUT2D eigenvalue weighted by Crippen LogP contribution is -2.64. The van der Waals surface area contributed by atoms with Gasteiger partial charge in [-0.15, -0.1) is 0 Å². The highest BCUT2D eigenvalue weighted by Gasteiger charge is 2.50. The van der Waals surface area contributed by atoms with Gasteiger partial charge in [-0.3, -0.25) is 0 Å². The Morgan fingerprint density at radius 2 is 1.38 bits per heavy atom.